The van der Waals surface area contributed by atoms with Crippen molar-refractivity contribution in [3.8, 4) is 0 Å². The van der Waals surface area contributed by atoms with E-state index < -0.39 is 0 Å². The van der Waals surface area contributed by atoms with Gasteiger partial charge >= 0.3 is 0 Å². The number of benzene rings is 6. The minimum atomic E-state index is 0. The van der Waals surface area contributed by atoms with Crippen LogP contribution >= 0.6 is 24.8 Å². The van der Waals surface area contributed by atoms with Crippen LogP contribution in [-0.2, 0) is 0 Å². The quantitative estimate of drug-likeness (QED) is 0.212. The molecule has 6 aromatic carbocycles. The van der Waals surface area contributed by atoms with Crippen LogP contribution in [0.2, 0.25) is 0 Å². The lowest BCUT2D eigenvalue weighted by Gasteiger charge is -2.00. The van der Waals surface area contributed by atoms with Crippen LogP contribution in [0.15, 0.2) is 121 Å². The molecular formula is C28H22Cl2. The van der Waals surface area contributed by atoms with E-state index in [9.17, 15) is 0 Å². The van der Waals surface area contributed by atoms with Gasteiger partial charge in [0.05, 0.1) is 0 Å². The molecule has 0 saturated carbocycles. The van der Waals surface area contributed by atoms with E-state index >= 15 is 0 Å². The van der Waals surface area contributed by atoms with Crippen LogP contribution in [-0.4, -0.2) is 0 Å². The van der Waals surface area contributed by atoms with Crippen LogP contribution in [0.25, 0.3) is 43.1 Å². The summed E-state index contributed by atoms with van der Waals surface area (Å²) in [5.74, 6) is 0. The fourth-order valence-corrected chi connectivity index (χ4v) is 3.77. The highest BCUT2D eigenvalue weighted by Crippen LogP contribution is 2.23. The average molecular weight is 429 g/mol. The van der Waals surface area contributed by atoms with E-state index in [-0.39, 0.29) is 24.8 Å². The summed E-state index contributed by atoms with van der Waals surface area (Å²) >= 11 is 0. The fourth-order valence-electron chi connectivity index (χ4n) is 3.77. The molecule has 0 heterocycles. The molecule has 0 aliphatic rings. The highest BCUT2D eigenvalue weighted by molar-refractivity contribution is 5.99. The molecule has 0 aromatic heterocycles. The zero-order valence-electron chi connectivity index (χ0n) is 16.4. The van der Waals surface area contributed by atoms with Crippen molar-refractivity contribution in [3.63, 3.8) is 0 Å². The molecule has 0 aliphatic heterocycles. The van der Waals surface area contributed by atoms with E-state index in [1.807, 2.05) is 0 Å². The first kappa shape index (κ1) is 21.6. The Morgan fingerprint density at radius 3 is 0.500 bits per heavy atom. The second-order valence-corrected chi connectivity index (χ2v) is 7.09. The third-order valence-electron chi connectivity index (χ3n) is 5.23. The van der Waals surface area contributed by atoms with Gasteiger partial charge in [0.2, 0.25) is 0 Å². The Kier molecular flexibility index (Phi) is 6.95. The molecule has 6 aromatic rings. The summed E-state index contributed by atoms with van der Waals surface area (Å²) in [6.07, 6.45) is 0. The van der Waals surface area contributed by atoms with E-state index in [2.05, 4.69) is 121 Å². The molecule has 0 amide bonds. The van der Waals surface area contributed by atoms with Crippen molar-refractivity contribution < 1.29 is 0 Å². The number of rotatable bonds is 0. The van der Waals surface area contributed by atoms with Gasteiger partial charge < -0.3 is 0 Å². The standard InChI is InChI=1S/2C14H10.2ClH/c2*1-2-6-12-10-14-8-4-3-7-13(14)9-11(12)5-1;;/h2*1-10H;2*1H. The topological polar surface area (TPSA) is 0 Å². The fraction of sp³-hybridized carbons (Fsp3) is 0. The molecule has 0 N–H and O–H groups in total. The van der Waals surface area contributed by atoms with Crippen molar-refractivity contribution in [2.45, 2.75) is 0 Å². The Morgan fingerprint density at radius 2 is 0.367 bits per heavy atom. The second kappa shape index (κ2) is 9.63. The van der Waals surface area contributed by atoms with Crippen LogP contribution < -0.4 is 0 Å². The van der Waals surface area contributed by atoms with Gasteiger partial charge in [-0.05, 0) is 67.4 Å². The van der Waals surface area contributed by atoms with Crippen molar-refractivity contribution in [2.24, 2.45) is 0 Å². The molecule has 0 bridgehead atoms. The first-order valence-electron chi connectivity index (χ1n) is 9.62. The minimum absolute atomic E-state index is 0. The maximum atomic E-state index is 2.24. The Balaban J connectivity index is 0.000000160. The van der Waals surface area contributed by atoms with Gasteiger partial charge in [0.15, 0.2) is 0 Å². The van der Waals surface area contributed by atoms with Gasteiger partial charge in [-0.3, -0.25) is 0 Å². The maximum Gasteiger partial charge on any atom is -0.0178 e. The molecule has 0 fully saturated rings. The zero-order chi connectivity index (χ0) is 18.8. The van der Waals surface area contributed by atoms with Crippen LogP contribution in [0.1, 0.15) is 0 Å². The van der Waals surface area contributed by atoms with Gasteiger partial charge in [-0.25, -0.2) is 0 Å². The highest BCUT2D eigenvalue weighted by atomic mass is 35.5. The Morgan fingerprint density at radius 1 is 0.233 bits per heavy atom. The zero-order valence-corrected chi connectivity index (χ0v) is 18.0. The number of fused-ring (bicyclic) bond motifs is 4. The van der Waals surface area contributed by atoms with Crippen molar-refractivity contribution in [1.82, 2.24) is 0 Å². The summed E-state index contributed by atoms with van der Waals surface area (Å²) in [4.78, 5) is 0. The highest BCUT2D eigenvalue weighted by Gasteiger charge is 1.96. The van der Waals surface area contributed by atoms with E-state index in [1.165, 1.54) is 43.1 Å². The predicted octanol–water partition coefficient (Wildman–Crippen LogP) is 8.83. The van der Waals surface area contributed by atoms with Crippen LogP contribution in [0.3, 0.4) is 0 Å². The summed E-state index contributed by atoms with van der Waals surface area (Å²) < 4.78 is 0. The third-order valence-corrected chi connectivity index (χ3v) is 5.23. The maximum absolute atomic E-state index is 2.24. The largest absolute Gasteiger partial charge is 0.147 e. The van der Waals surface area contributed by atoms with Crippen molar-refractivity contribution in [3.05, 3.63) is 121 Å². The van der Waals surface area contributed by atoms with Gasteiger partial charge in [0.1, 0.15) is 0 Å². The summed E-state index contributed by atoms with van der Waals surface area (Å²) in [6, 6.07) is 42.8. The van der Waals surface area contributed by atoms with Gasteiger partial charge in [-0.15, -0.1) is 24.8 Å². The van der Waals surface area contributed by atoms with Gasteiger partial charge in [-0.1, -0.05) is 97.1 Å². The molecule has 0 atom stereocenters. The van der Waals surface area contributed by atoms with Crippen molar-refractivity contribution in [2.75, 3.05) is 0 Å². The first-order chi connectivity index (χ1) is 13.9. The van der Waals surface area contributed by atoms with E-state index in [4.69, 9.17) is 0 Å². The molecule has 0 unspecified atom stereocenters. The molecule has 6 rings (SSSR count). The van der Waals surface area contributed by atoms with E-state index in [1.54, 1.807) is 0 Å². The lowest BCUT2D eigenvalue weighted by Crippen LogP contribution is -1.74. The van der Waals surface area contributed by atoms with Crippen molar-refractivity contribution in [1.29, 1.82) is 0 Å². The average Bonchev–Trinajstić information content (AvgIpc) is 2.76. The van der Waals surface area contributed by atoms with Crippen LogP contribution in [0.5, 0.6) is 0 Å². The summed E-state index contributed by atoms with van der Waals surface area (Å²) in [7, 11) is 0. The number of halogens is 2. The summed E-state index contributed by atoms with van der Waals surface area (Å²) in [6.45, 7) is 0. The molecular weight excluding hydrogens is 407 g/mol. The molecule has 0 radical (unpaired) electrons. The van der Waals surface area contributed by atoms with Gasteiger partial charge in [0, 0.05) is 0 Å². The van der Waals surface area contributed by atoms with Crippen molar-refractivity contribution >= 4 is 67.9 Å². The van der Waals surface area contributed by atoms with Crippen LogP contribution in [0, 0.1) is 0 Å². The molecule has 0 saturated heterocycles. The third kappa shape index (κ3) is 4.41. The lowest BCUT2D eigenvalue weighted by atomic mass is 10.0. The molecule has 0 spiro atoms. The smallest absolute Gasteiger partial charge is 0.0178 e. The van der Waals surface area contributed by atoms with E-state index in [0.29, 0.717) is 0 Å². The lowest BCUT2D eigenvalue weighted by molar-refractivity contribution is 1.76. The predicted molar refractivity (Wildman–Crippen MR) is 137 cm³/mol. The normalized spacial score (nSPS) is 10.1. The Hall–Kier alpha value is -3.06. The molecule has 30 heavy (non-hydrogen) atoms. The molecule has 2 heteroatoms. The van der Waals surface area contributed by atoms with Gasteiger partial charge in [0.25, 0.3) is 0 Å². The second-order valence-electron chi connectivity index (χ2n) is 7.09. The molecule has 0 aliphatic carbocycles. The Labute approximate surface area is 189 Å². The number of hydrogen-bond acceptors (Lipinski definition) is 0. The number of hydrogen-bond donors (Lipinski definition) is 0. The Bertz CT molecular complexity index is 1100. The van der Waals surface area contributed by atoms with E-state index in [0.717, 1.165) is 0 Å². The SMILES string of the molecule is Cl.Cl.c1ccc2cc3ccccc3cc2c1.c1ccc2cc3ccccc3cc2c1. The monoisotopic (exact) mass is 428 g/mol. The first-order valence-corrected chi connectivity index (χ1v) is 9.62. The summed E-state index contributed by atoms with van der Waals surface area (Å²) in [5.41, 5.74) is 0. The molecule has 0 nitrogen and oxygen atoms in total. The van der Waals surface area contributed by atoms with Crippen LogP contribution in [0.4, 0.5) is 0 Å². The molecule has 148 valence electrons. The summed E-state index contributed by atoms with van der Waals surface area (Å²) in [5, 5.41) is 10.5. The van der Waals surface area contributed by atoms with Gasteiger partial charge in [-0.2, -0.15) is 0 Å². The minimum Gasteiger partial charge on any atom is -0.147 e.